The second-order valence-corrected chi connectivity index (χ2v) is 13.8. The number of rotatable bonds is 0. The van der Waals surface area contributed by atoms with Gasteiger partial charge in [0, 0.05) is 25.8 Å². The Bertz CT molecular complexity index is 582. The van der Waals surface area contributed by atoms with Crippen molar-refractivity contribution < 1.29 is 25.8 Å². The van der Waals surface area contributed by atoms with Crippen LogP contribution in [0.5, 0.6) is 0 Å². The topological polar surface area (TPSA) is 0 Å². The molecule has 2 aromatic carbocycles. The van der Waals surface area contributed by atoms with Crippen molar-refractivity contribution in [3.63, 3.8) is 0 Å². The van der Waals surface area contributed by atoms with Gasteiger partial charge >= 0.3 is 0 Å². The van der Waals surface area contributed by atoms with Crippen LogP contribution in [0.15, 0.2) is 60.7 Å². The Morgan fingerprint density at radius 1 is 0.609 bits per heavy atom. The molecule has 0 amide bonds. The predicted molar refractivity (Wildman–Crippen MR) is 104 cm³/mol. The van der Waals surface area contributed by atoms with Gasteiger partial charge in [-0.3, -0.25) is 0 Å². The van der Waals surface area contributed by atoms with Gasteiger partial charge in [0.2, 0.25) is 0 Å². The maximum absolute atomic E-state index is 2.37. The quantitative estimate of drug-likeness (QED) is 0.169. The first-order valence-corrected chi connectivity index (χ1v) is 11.3. The van der Waals surface area contributed by atoms with Gasteiger partial charge in [0.25, 0.3) is 0 Å². The largest absolute Gasteiger partial charge is 0.461 e. The third kappa shape index (κ3) is 6.04. The first kappa shape index (κ1) is 21.0. The van der Waals surface area contributed by atoms with Gasteiger partial charge in [-0.05, 0) is 0 Å². The maximum atomic E-state index is 2.37. The van der Waals surface area contributed by atoms with Crippen molar-refractivity contribution in [3.8, 4) is 0 Å². The van der Waals surface area contributed by atoms with Crippen molar-refractivity contribution in [3.05, 3.63) is 70.7 Å². The molecule has 126 valence electrons. The molecule has 3 heteroatoms. The van der Waals surface area contributed by atoms with Gasteiger partial charge in [-0.15, -0.1) is 10.8 Å². The molecule has 23 heavy (non-hydrogen) atoms. The van der Waals surface area contributed by atoms with Gasteiger partial charge in [0.05, 0.1) is 0 Å². The molecular weight excluding hydrogens is 481 g/mol. The summed E-state index contributed by atoms with van der Waals surface area (Å²) in [5.41, 5.74) is 1.07. The van der Waals surface area contributed by atoms with E-state index in [-0.39, 0.29) is 25.8 Å². The fourth-order valence-corrected chi connectivity index (χ4v) is 13.3. The van der Waals surface area contributed by atoms with Crippen molar-refractivity contribution in [2.75, 3.05) is 0 Å². The van der Waals surface area contributed by atoms with E-state index >= 15 is 0 Å². The Balaban J connectivity index is 0.000000200. The SMILES string of the molecule is CC(C)(C)[c-]1p2[c-](C(C)(C)C)p12.[Hf].c1cc[cH-]c1.c1cc[cH-]c1. The van der Waals surface area contributed by atoms with Crippen LogP contribution in [0.4, 0.5) is 0 Å². The predicted octanol–water partition coefficient (Wildman–Crippen LogP) is 7.69. The van der Waals surface area contributed by atoms with E-state index in [1.807, 2.05) is 70.7 Å². The molecule has 0 aliphatic rings. The Hall–Kier alpha value is -0.0899. The molecule has 0 spiro atoms. The molecule has 0 N–H and O–H groups in total. The third-order valence-electron chi connectivity index (χ3n) is 3.38. The van der Waals surface area contributed by atoms with Crippen molar-refractivity contribution in [1.29, 1.82) is 0 Å². The summed E-state index contributed by atoms with van der Waals surface area (Å²) in [5, 5.41) is 3.88. The minimum absolute atomic E-state index is 0. The third-order valence-corrected chi connectivity index (χ3v) is 12.1. The van der Waals surface area contributed by atoms with Crippen LogP contribution in [0.2, 0.25) is 0 Å². The van der Waals surface area contributed by atoms with Crippen LogP contribution in [0.1, 0.15) is 51.6 Å². The summed E-state index contributed by atoms with van der Waals surface area (Å²) in [5.74, 6) is 0. The molecule has 0 fully saturated rings. The van der Waals surface area contributed by atoms with Gasteiger partial charge in [-0.25, -0.2) is 24.3 Å². The zero-order valence-corrected chi connectivity index (χ0v) is 20.5. The summed E-state index contributed by atoms with van der Waals surface area (Å²) in [7, 11) is 0.783. The maximum Gasteiger partial charge on any atom is 0 e. The van der Waals surface area contributed by atoms with Gasteiger partial charge in [-0.2, -0.15) is 36.4 Å². The molecule has 4 aromatic rings. The molecule has 0 atom stereocenters. The molecule has 0 unspecified atom stereocenters. The summed E-state index contributed by atoms with van der Waals surface area (Å²) in [6.07, 6.45) is 0. The second kappa shape index (κ2) is 8.33. The van der Waals surface area contributed by atoms with Crippen LogP contribution in [0.3, 0.4) is 0 Å². The van der Waals surface area contributed by atoms with E-state index in [2.05, 4.69) is 41.5 Å². The van der Waals surface area contributed by atoms with E-state index in [4.69, 9.17) is 0 Å². The van der Waals surface area contributed by atoms with Crippen molar-refractivity contribution >= 4 is 14.0 Å². The van der Waals surface area contributed by atoms with Crippen LogP contribution in [0.25, 0.3) is 0 Å². The number of fused-ring (bicyclic) bond motifs is 1. The first-order valence-electron chi connectivity index (χ1n) is 7.93. The zero-order chi connectivity index (χ0) is 16.4. The van der Waals surface area contributed by atoms with E-state index in [0.717, 1.165) is 0 Å². The average molecular weight is 509 g/mol. The van der Waals surface area contributed by atoms with Crippen LogP contribution in [-0.4, -0.2) is 0 Å². The fourth-order valence-electron chi connectivity index (χ4n) is 2.36. The monoisotopic (exact) mass is 510 g/mol. The van der Waals surface area contributed by atoms with E-state index in [0.29, 0.717) is 24.9 Å². The Morgan fingerprint density at radius 3 is 1.00 bits per heavy atom. The van der Waals surface area contributed by atoms with E-state index < -0.39 is 0 Å². The van der Waals surface area contributed by atoms with Gasteiger partial charge < -0.3 is 24.1 Å². The second-order valence-electron chi connectivity index (χ2n) is 7.70. The van der Waals surface area contributed by atoms with E-state index in [9.17, 15) is 0 Å². The van der Waals surface area contributed by atoms with Gasteiger partial charge in [-0.1, -0.05) is 41.5 Å². The molecule has 0 aliphatic heterocycles. The minimum atomic E-state index is 0. The molecule has 2 aromatic heterocycles. The van der Waals surface area contributed by atoms with Crippen molar-refractivity contribution in [2.24, 2.45) is 0 Å². The molecular formula is C20H28HfP2-4. The summed E-state index contributed by atoms with van der Waals surface area (Å²) in [6, 6.07) is 20.0. The van der Waals surface area contributed by atoms with Crippen LogP contribution < -0.4 is 0 Å². The first-order chi connectivity index (χ1) is 10.2. The van der Waals surface area contributed by atoms with Gasteiger partial charge in [0.15, 0.2) is 0 Å². The molecule has 0 aliphatic carbocycles. The Labute approximate surface area is 162 Å². The zero-order valence-electron chi connectivity index (χ0n) is 15.2. The van der Waals surface area contributed by atoms with Crippen molar-refractivity contribution in [2.45, 2.75) is 52.4 Å². The fraction of sp³-hybridized carbons (Fsp3) is 0.400. The Morgan fingerprint density at radius 2 is 0.870 bits per heavy atom. The summed E-state index contributed by atoms with van der Waals surface area (Å²) < 4.78 is 0. The van der Waals surface area contributed by atoms with Crippen LogP contribution in [0, 0.1) is 0 Å². The Kier molecular flexibility index (Phi) is 7.59. The minimum Gasteiger partial charge on any atom is -0.461 e. The standard InChI is InChI=1S/C10H18P2.2C5H5.Hf/c1-9(2,3)7-11-8(12(7)11)10(4,5)6;2*1-2-4-5-3-1;/h1-6H3;2*1-5H;/q-2;2*-1;. The summed E-state index contributed by atoms with van der Waals surface area (Å²) >= 11 is 0. The summed E-state index contributed by atoms with van der Waals surface area (Å²) in [4.78, 5) is 0. The van der Waals surface area contributed by atoms with Gasteiger partial charge in [0.1, 0.15) is 0 Å². The van der Waals surface area contributed by atoms with Crippen LogP contribution in [-0.2, 0) is 36.7 Å². The average Bonchev–Trinajstić information content (AvgIpc) is 3.07. The number of hydrogen-bond acceptors (Lipinski definition) is 0. The molecule has 0 saturated carbocycles. The molecule has 0 saturated heterocycles. The molecule has 0 nitrogen and oxygen atoms in total. The normalized spacial score (nSPS) is 13.1. The molecule has 0 radical (unpaired) electrons. The van der Waals surface area contributed by atoms with Crippen LogP contribution >= 0.6 is 14.0 Å². The number of hydrogen-bond donors (Lipinski definition) is 0. The molecule has 2 heterocycles. The smallest absolute Gasteiger partial charge is 0 e. The van der Waals surface area contributed by atoms with Crippen molar-refractivity contribution in [1.82, 2.24) is 0 Å². The van der Waals surface area contributed by atoms with E-state index in [1.54, 1.807) is 0 Å². The summed E-state index contributed by atoms with van der Waals surface area (Å²) in [6.45, 7) is 14.2. The molecule has 4 rings (SSSR count). The van der Waals surface area contributed by atoms with E-state index in [1.165, 1.54) is 0 Å². The molecule has 0 bridgehead atoms.